The van der Waals surface area contributed by atoms with Crippen LogP contribution in [0.25, 0.3) is 0 Å². The van der Waals surface area contributed by atoms with E-state index in [0.29, 0.717) is 11.8 Å². The molecule has 0 aromatic carbocycles. The lowest BCUT2D eigenvalue weighted by molar-refractivity contribution is -0.123. The zero-order chi connectivity index (χ0) is 14.0. The fourth-order valence-corrected chi connectivity index (χ4v) is 2.81. The van der Waals surface area contributed by atoms with Crippen LogP contribution in [0.2, 0.25) is 0 Å². The van der Waals surface area contributed by atoms with E-state index in [1.54, 1.807) is 17.1 Å². The Bertz CT molecular complexity index is 442. The Labute approximate surface area is 114 Å². The van der Waals surface area contributed by atoms with Gasteiger partial charge in [-0.25, -0.2) is 0 Å². The van der Waals surface area contributed by atoms with Crippen LogP contribution in [0, 0.1) is 11.8 Å². The summed E-state index contributed by atoms with van der Waals surface area (Å²) in [6.45, 7) is 4.47. The number of nitrogens with two attached hydrogens (primary N) is 1. The summed E-state index contributed by atoms with van der Waals surface area (Å²) in [5.74, 6) is 1.08. The molecule has 1 saturated carbocycles. The predicted octanol–water partition coefficient (Wildman–Crippen LogP) is 1.36. The molecule has 4 unspecified atom stereocenters. The van der Waals surface area contributed by atoms with Crippen molar-refractivity contribution in [2.45, 2.75) is 45.2 Å². The molecule has 5 heteroatoms. The highest BCUT2D eigenvalue weighted by molar-refractivity contribution is 5.83. The van der Waals surface area contributed by atoms with Crippen molar-refractivity contribution < 1.29 is 4.79 Å². The van der Waals surface area contributed by atoms with Crippen LogP contribution in [0.1, 0.15) is 44.7 Å². The Balaban J connectivity index is 1.96. The Kier molecular flexibility index (Phi) is 4.24. The lowest BCUT2D eigenvalue weighted by Gasteiger charge is -2.35. The molecule has 1 aromatic heterocycles. The van der Waals surface area contributed by atoms with Gasteiger partial charge < -0.3 is 11.1 Å². The van der Waals surface area contributed by atoms with Crippen molar-refractivity contribution in [2.24, 2.45) is 24.6 Å². The summed E-state index contributed by atoms with van der Waals surface area (Å²) in [5.41, 5.74) is 6.74. The highest BCUT2D eigenvalue weighted by atomic mass is 16.2. The first-order chi connectivity index (χ1) is 8.99. The van der Waals surface area contributed by atoms with Gasteiger partial charge in [0.25, 0.3) is 0 Å². The number of carbonyl (C=O) groups is 1. The van der Waals surface area contributed by atoms with E-state index < -0.39 is 6.04 Å². The van der Waals surface area contributed by atoms with Gasteiger partial charge in [0.05, 0.1) is 6.20 Å². The maximum atomic E-state index is 12.2. The molecule has 3 N–H and O–H groups in total. The molecule has 4 atom stereocenters. The van der Waals surface area contributed by atoms with Gasteiger partial charge in [0.1, 0.15) is 6.04 Å². The van der Waals surface area contributed by atoms with E-state index in [1.807, 2.05) is 7.05 Å². The standard InChI is InChI=1S/C14H24N4O/c1-9-5-4-6-12(10(9)2)17-14(19)13(15)11-7-16-18(3)8-11/h7-10,12-13H,4-6,15H2,1-3H3,(H,17,19). The zero-order valence-electron chi connectivity index (χ0n) is 12.0. The molecule has 0 bridgehead atoms. The molecule has 1 fully saturated rings. The topological polar surface area (TPSA) is 72.9 Å². The van der Waals surface area contributed by atoms with E-state index in [-0.39, 0.29) is 11.9 Å². The average Bonchev–Trinajstić information content (AvgIpc) is 2.80. The van der Waals surface area contributed by atoms with Crippen LogP contribution < -0.4 is 11.1 Å². The molecule has 2 rings (SSSR count). The molecule has 1 heterocycles. The van der Waals surface area contributed by atoms with Crippen molar-refractivity contribution in [3.8, 4) is 0 Å². The fourth-order valence-electron chi connectivity index (χ4n) is 2.81. The fraction of sp³-hybridized carbons (Fsp3) is 0.714. The van der Waals surface area contributed by atoms with Crippen LogP contribution in [-0.4, -0.2) is 21.7 Å². The zero-order valence-corrected chi connectivity index (χ0v) is 12.0. The molecule has 1 aromatic rings. The first-order valence-electron chi connectivity index (χ1n) is 7.03. The van der Waals surface area contributed by atoms with Gasteiger partial charge in [0.2, 0.25) is 5.91 Å². The van der Waals surface area contributed by atoms with Crippen molar-refractivity contribution in [1.29, 1.82) is 0 Å². The SMILES string of the molecule is CC1CCCC(NC(=O)C(N)c2cnn(C)c2)C1C. The smallest absolute Gasteiger partial charge is 0.241 e. The quantitative estimate of drug-likeness (QED) is 0.865. The van der Waals surface area contributed by atoms with Gasteiger partial charge in [-0.2, -0.15) is 5.10 Å². The van der Waals surface area contributed by atoms with Crippen molar-refractivity contribution >= 4 is 5.91 Å². The second-order valence-electron chi connectivity index (χ2n) is 5.81. The summed E-state index contributed by atoms with van der Waals surface area (Å²) in [5, 5.41) is 7.16. The molecule has 1 aliphatic rings. The van der Waals surface area contributed by atoms with Crippen LogP contribution in [0.15, 0.2) is 12.4 Å². The average molecular weight is 264 g/mol. The third-order valence-electron chi connectivity index (χ3n) is 4.40. The summed E-state index contributed by atoms with van der Waals surface area (Å²) >= 11 is 0. The van der Waals surface area contributed by atoms with Crippen LogP contribution >= 0.6 is 0 Å². The Morgan fingerprint density at radius 1 is 1.53 bits per heavy atom. The van der Waals surface area contributed by atoms with Crippen molar-refractivity contribution in [3.05, 3.63) is 18.0 Å². The minimum atomic E-state index is -0.627. The summed E-state index contributed by atoms with van der Waals surface area (Å²) in [4.78, 5) is 12.2. The number of carbonyl (C=O) groups excluding carboxylic acids is 1. The van der Waals surface area contributed by atoms with E-state index in [2.05, 4.69) is 24.3 Å². The molecule has 0 radical (unpaired) electrons. The first-order valence-corrected chi connectivity index (χ1v) is 7.03. The summed E-state index contributed by atoms with van der Waals surface area (Å²) in [7, 11) is 1.82. The van der Waals surface area contributed by atoms with Gasteiger partial charge in [0.15, 0.2) is 0 Å². The molecular formula is C14H24N4O. The first kappa shape index (κ1) is 14.1. The highest BCUT2D eigenvalue weighted by Gasteiger charge is 2.29. The van der Waals surface area contributed by atoms with Crippen LogP contribution in [0.5, 0.6) is 0 Å². The van der Waals surface area contributed by atoms with E-state index in [4.69, 9.17) is 5.73 Å². The number of aryl methyl sites for hydroxylation is 1. The van der Waals surface area contributed by atoms with Crippen LogP contribution in [0.4, 0.5) is 0 Å². The molecule has 1 aliphatic carbocycles. The largest absolute Gasteiger partial charge is 0.351 e. The molecule has 1 amide bonds. The lowest BCUT2D eigenvalue weighted by Crippen LogP contribution is -2.46. The van der Waals surface area contributed by atoms with Gasteiger partial charge in [-0.15, -0.1) is 0 Å². The number of hydrogen-bond donors (Lipinski definition) is 2. The number of nitrogens with zero attached hydrogens (tertiary/aromatic N) is 2. The number of aromatic nitrogens is 2. The third kappa shape index (κ3) is 3.15. The molecule has 0 spiro atoms. The Morgan fingerprint density at radius 2 is 2.26 bits per heavy atom. The van der Waals surface area contributed by atoms with E-state index in [9.17, 15) is 4.79 Å². The van der Waals surface area contributed by atoms with Crippen molar-refractivity contribution in [1.82, 2.24) is 15.1 Å². The molecule has 5 nitrogen and oxygen atoms in total. The van der Waals surface area contributed by atoms with Gasteiger partial charge in [0, 0.05) is 24.8 Å². The normalized spacial score (nSPS) is 28.9. The number of amides is 1. The Hall–Kier alpha value is -1.36. The molecule has 0 saturated heterocycles. The molecule has 106 valence electrons. The predicted molar refractivity (Wildman–Crippen MR) is 74.2 cm³/mol. The van der Waals surface area contributed by atoms with E-state index >= 15 is 0 Å². The van der Waals surface area contributed by atoms with E-state index in [1.165, 1.54) is 12.8 Å². The van der Waals surface area contributed by atoms with Gasteiger partial charge in [-0.05, 0) is 18.3 Å². The molecular weight excluding hydrogens is 240 g/mol. The molecule has 19 heavy (non-hydrogen) atoms. The lowest BCUT2D eigenvalue weighted by atomic mass is 9.78. The van der Waals surface area contributed by atoms with Crippen molar-refractivity contribution in [2.75, 3.05) is 0 Å². The third-order valence-corrected chi connectivity index (χ3v) is 4.40. The maximum absolute atomic E-state index is 12.2. The Morgan fingerprint density at radius 3 is 2.89 bits per heavy atom. The van der Waals surface area contributed by atoms with Gasteiger partial charge in [-0.1, -0.05) is 26.7 Å². The number of hydrogen-bond acceptors (Lipinski definition) is 3. The van der Waals surface area contributed by atoms with Crippen LogP contribution in [-0.2, 0) is 11.8 Å². The summed E-state index contributed by atoms with van der Waals surface area (Å²) < 4.78 is 1.66. The maximum Gasteiger partial charge on any atom is 0.241 e. The minimum Gasteiger partial charge on any atom is -0.351 e. The summed E-state index contributed by atoms with van der Waals surface area (Å²) in [6, 6.07) is -0.378. The minimum absolute atomic E-state index is 0.0982. The number of nitrogens with one attached hydrogen (secondary N) is 1. The molecule has 0 aliphatic heterocycles. The van der Waals surface area contributed by atoms with E-state index in [0.717, 1.165) is 12.0 Å². The monoisotopic (exact) mass is 264 g/mol. The highest BCUT2D eigenvalue weighted by Crippen LogP contribution is 2.29. The van der Waals surface area contributed by atoms with Gasteiger partial charge >= 0.3 is 0 Å². The van der Waals surface area contributed by atoms with Crippen molar-refractivity contribution in [3.63, 3.8) is 0 Å². The second-order valence-corrected chi connectivity index (χ2v) is 5.81. The second kappa shape index (κ2) is 5.74. The van der Waals surface area contributed by atoms with Gasteiger partial charge in [-0.3, -0.25) is 9.48 Å². The van der Waals surface area contributed by atoms with Crippen LogP contribution in [0.3, 0.4) is 0 Å². The summed E-state index contributed by atoms with van der Waals surface area (Å²) in [6.07, 6.45) is 6.92. The number of rotatable bonds is 3.